The fourth-order valence-electron chi connectivity index (χ4n) is 1.80. The van der Waals surface area contributed by atoms with Crippen molar-refractivity contribution >= 4 is 17.6 Å². The van der Waals surface area contributed by atoms with Crippen LogP contribution in [0.3, 0.4) is 0 Å². The van der Waals surface area contributed by atoms with E-state index in [2.05, 4.69) is 15.4 Å². The van der Waals surface area contributed by atoms with Gasteiger partial charge in [0.1, 0.15) is 11.4 Å². The van der Waals surface area contributed by atoms with E-state index in [1.54, 1.807) is 26.2 Å². The number of aromatic amines is 1. The molecule has 1 aromatic carbocycles. The highest BCUT2D eigenvalue weighted by molar-refractivity contribution is 6.17. The molecule has 0 saturated heterocycles. The van der Waals surface area contributed by atoms with Crippen LogP contribution in [0, 0.1) is 0 Å². The highest BCUT2D eigenvalue weighted by atomic mass is 35.5. The van der Waals surface area contributed by atoms with Gasteiger partial charge in [-0.05, 0) is 25.1 Å². The van der Waals surface area contributed by atoms with Crippen LogP contribution in [0.15, 0.2) is 18.2 Å². The average molecular weight is 296 g/mol. The number of rotatable bonds is 5. The van der Waals surface area contributed by atoms with Crippen LogP contribution < -0.4 is 4.74 Å². The summed E-state index contributed by atoms with van der Waals surface area (Å²) in [7, 11) is 1.57. The third kappa shape index (κ3) is 2.75. The third-order valence-electron chi connectivity index (χ3n) is 2.71. The molecular formula is C13H14ClN3O3. The predicted molar refractivity (Wildman–Crippen MR) is 73.9 cm³/mol. The van der Waals surface area contributed by atoms with E-state index in [1.165, 1.54) is 0 Å². The molecule has 0 fully saturated rings. The minimum Gasteiger partial charge on any atom is -0.496 e. The first-order valence-corrected chi connectivity index (χ1v) is 6.55. The maximum absolute atomic E-state index is 11.8. The number of hydrogen-bond acceptors (Lipinski definition) is 5. The number of H-pyrrole nitrogens is 1. The van der Waals surface area contributed by atoms with Crippen molar-refractivity contribution in [2.24, 2.45) is 0 Å². The number of alkyl halides is 1. The van der Waals surface area contributed by atoms with E-state index in [9.17, 15) is 4.79 Å². The normalized spacial score (nSPS) is 10.3. The van der Waals surface area contributed by atoms with Gasteiger partial charge in [0.25, 0.3) is 0 Å². The molecular weight excluding hydrogens is 282 g/mol. The van der Waals surface area contributed by atoms with E-state index in [0.29, 0.717) is 17.3 Å². The van der Waals surface area contributed by atoms with E-state index >= 15 is 0 Å². The van der Waals surface area contributed by atoms with Crippen LogP contribution in [0.25, 0.3) is 11.3 Å². The molecule has 7 heteroatoms. The molecule has 0 aliphatic rings. The number of nitrogens with one attached hydrogen (secondary N) is 1. The summed E-state index contributed by atoms with van der Waals surface area (Å²) in [6.07, 6.45) is 0. The van der Waals surface area contributed by atoms with Gasteiger partial charge in [-0.2, -0.15) is 10.3 Å². The van der Waals surface area contributed by atoms with Crippen molar-refractivity contribution in [3.63, 3.8) is 0 Å². The summed E-state index contributed by atoms with van der Waals surface area (Å²) in [4.78, 5) is 11.8. The van der Waals surface area contributed by atoms with Crippen molar-refractivity contribution in [2.45, 2.75) is 12.8 Å². The second-order valence-electron chi connectivity index (χ2n) is 3.90. The molecule has 0 saturated carbocycles. The topological polar surface area (TPSA) is 77.1 Å². The van der Waals surface area contributed by atoms with Crippen LogP contribution in [0.4, 0.5) is 0 Å². The molecule has 0 atom stereocenters. The number of carbonyl (C=O) groups excluding carboxylic acids is 1. The monoisotopic (exact) mass is 295 g/mol. The fraction of sp³-hybridized carbons (Fsp3) is 0.308. The lowest BCUT2D eigenvalue weighted by atomic mass is 10.1. The quantitative estimate of drug-likeness (QED) is 0.677. The van der Waals surface area contributed by atoms with Crippen molar-refractivity contribution in [2.75, 3.05) is 13.7 Å². The van der Waals surface area contributed by atoms with Crippen molar-refractivity contribution in [1.29, 1.82) is 0 Å². The van der Waals surface area contributed by atoms with Crippen LogP contribution in [-0.2, 0) is 10.6 Å². The van der Waals surface area contributed by atoms with Gasteiger partial charge >= 0.3 is 5.97 Å². The van der Waals surface area contributed by atoms with Crippen LogP contribution in [-0.4, -0.2) is 35.1 Å². The molecule has 0 bridgehead atoms. The first-order chi connectivity index (χ1) is 9.71. The summed E-state index contributed by atoms with van der Waals surface area (Å²) in [5.41, 5.74) is 2.11. The second-order valence-corrected chi connectivity index (χ2v) is 4.17. The highest BCUT2D eigenvalue weighted by Gasteiger charge is 2.19. The van der Waals surface area contributed by atoms with Crippen molar-refractivity contribution in [1.82, 2.24) is 15.4 Å². The Bertz CT molecular complexity index is 613. The molecule has 0 radical (unpaired) electrons. The summed E-state index contributed by atoms with van der Waals surface area (Å²) in [5.74, 6) is 0.466. The number of esters is 1. The maximum Gasteiger partial charge on any atom is 0.361 e. The molecule has 0 aliphatic carbocycles. The Kier molecular flexibility index (Phi) is 4.57. The summed E-state index contributed by atoms with van der Waals surface area (Å²) in [6, 6.07) is 5.37. The van der Waals surface area contributed by atoms with Crippen LogP contribution in [0.5, 0.6) is 5.75 Å². The summed E-state index contributed by atoms with van der Waals surface area (Å²) in [6.45, 7) is 2.01. The largest absolute Gasteiger partial charge is 0.496 e. The SMILES string of the molecule is CCOC(=O)c1n[nH]nc1-c1ccc(OC)c(CCl)c1. The average Bonchev–Trinajstić information content (AvgIpc) is 2.96. The number of hydrogen-bond donors (Lipinski definition) is 1. The molecule has 1 N–H and O–H groups in total. The minimum absolute atomic E-state index is 0.150. The van der Waals surface area contributed by atoms with Gasteiger partial charge in [0.15, 0.2) is 5.69 Å². The van der Waals surface area contributed by atoms with Gasteiger partial charge in [0.05, 0.1) is 19.6 Å². The summed E-state index contributed by atoms with van der Waals surface area (Å²) in [5, 5.41) is 10.3. The second kappa shape index (κ2) is 6.38. The number of aromatic nitrogens is 3. The van der Waals surface area contributed by atoms with Crippen molar-refractivity contribution in [3.05, 3.63) is 29.5 Å². The van der Waals surface area contributed by atoms with E-state index in [1.807, 2.05) is 6.07 Å². The Morgan fingerprint density at radius 2 is 2.20 bits per heavy atom. The molecule has 1 heterocycles. The number of halogens is 1. The Morgan fingerprint density at radius 3 is 2.85 bits per heavy atom. The predicted octanol–water partition coefficient (Wildman–Crippen LogP) is 2.40. The van der Waals surface area contributed by atoms with Crippen molar-refractivity contribution in [3.8, 4) is 17.0 Å². The standard InChI is InChI=1S/C13H14ClN3O3/c1-3-20-13(18)12-11(15-17-16-12)8-4-5-10(19-2)9(6-8)7-14/h4-6H,3,7H2,1-2H3,(H,15,16,17). The maximum atomic E-state index is 11.8. The zero-order valence-electron chi connectivity index (χ0n) is 11.1. The van der Waals surface area contributed by atoms with E-state index in [-0.39, 0.29) is 12.3 Å². The lowest BCUT2D eigenvalue weighted by molar-refractivity contribution is 0.0520. The molecule has 2 rings (SSSR count). The Labute approximate surface area is 121 Å². The van der Waals surface area contributed by atoms with Gasteiger partial charge in [-0.25, -0.2) is 4.79 Å². The van der Waals surface area contributed by atoms with E-state index in [4.69, 9.17) is 21.1 Å². The molecule has 0 aliphatic heterocycles. The molecule has 0 amide bonds. The number of ether oxygens (including phenoxy) is 2. The first-order valence-electron chi connectivity index (χ1n) is 6.02. The summed E-state index contributed by atoms with van der Waals surface area (Å²) < 4.78 is 10.1. The number of carbonyl (C=O) groups is 1. The fourth-order valence-corrected chi connectivity index (χ4v) is 2.01. The first kappa shape index (κ1) is 14.3. The van der Waals surface area contributed by atoms with E-state index < -0.39 is 5.97 Å². The smallest absolute Gasteiger partial charge is 0.361 e. The molecule has 6 nitrogen and oxygen atoms in total. The zero-order chi connectivity index (χ0) is 14.5. The van der Waals surface area contributed by atoms with Gasteiger partial charge < -0.3 is 9.47 Å². The lowest BCUT2D eigenvalue weighted by Crippen LogP contribution is -2.06. The summed E-state index contributed by atoms with van der Waals surface area (Å²) >= 11 is 5.88. The van der Waals surface area contributed by atoms with Gasteiger partial charge in [0.2, 0.25) is 0 Å². The van der Waals surface area contributed by atoms with E-state index in [0.717, 1.165) is 11.1 Å². The van der Waals surface area contributed by atoms with Crippen molar-refractivity contribution < 1.29 is 14.3 Å². The molecule has 106 valence electrons. The van der Waals surface area contributed by atoms with Gasteiger partial charge in [-0.15, -0.1) is 16.7 Å². The number of nitrogens with zero attached hydrogens (tertiary/aromatic N) is 2. The van der Waals surface area contributed by atoms with Crippen LogP contribution in [0.2, 0.25) is 0 Å². The van der Waals surface area contributed by atoms with Gasteiger partial charge in [0, 0.05) is 11.1 Å². The third-order valence-corrected chi connectivity index (χ3v) is 3.00. The number of methoxy groups -OCH3 is 1. The lowest BCUT2D eigenvalue weighted by Gasteiger charge is -2.08. The van der Waals surface area contributed by atoms with Crippen LogP contribution in [0.1, 0.15) is 23.0 Å². The highest BCUT2D eigenvalue weighted by Crippen LogP contribution is 2.28. The minimum atomic E-state index is -0.514. The Hall–Kier alpha value is -2.08. The zero-order valence-corrected chi connectivity index (χ0v) is 11.9. The molecule has 2 aromatic rings. The molecule has 1 aromatic heterocycles. The number of benzene rings is 1. The molecule has 20 heavy (non-hydrogen) atoms. The van der Waals surface area contributed by atoms with Gasteiger partial charge in [-0.3, -0.25) is 0 Å². The van der Waals surface area contributed by atoms with Gasteiger partial charge in [-0.1, -0.05) is 0 Å². The Morgan fingerprint density at radius 1 is 1.40 bits per heavy atom. The molecule has 0 spiro atoms. The Balaban J connectivity index is 2.42. The molecule has 0 unspecified atom stereocenters. The van der Waals surface area contributed by atoms with Crippen LogP contribution >= 0.6 is 11.6 Å².